The Hall–Kier alpha value is -0.910. The van der Waals surface area contributed by atoms with E-state index in [0.29, 0.717) is 19.8 Å². The summed E-state index contributed by atoms with van der Waals surface area (Å²) < 4.78 is 35.3. The van der Waals surface area contributed by atoms with E-state index < -0.39 is 19.3 Å². The standard InChI is InChI=1S/C16H22O4S/c1-19-12-15(7-8-15)21(17,18)16(9-10-16)13-20-11-14-5-3-2-4-6-14/h2-6H,7-13H2,1H3. The molecule has 0 saturated heterocycles. The first-order valence-electron chi connectivity index (χ1n) is 7.40. The van der Waals surface area contributed by atoms with Crippen molar-refractivity contribution in [2.24, 2.45) is 0 Å². The Morgan fingerprint density at radius 1 is 1.00 bits per heavy atom. The molecule has 3 rings (SSSR count). The predicted molar refractivity (Wildman–Crippen MR) is 80.8 cm³/mol. The van der Waals surface area contributed by atoms with E-state index >= 15 is 0 Å². The van der Waals surface area contributed by atoms with Gasteiger partial charge in [-0.1, -0.05) is 30.3 Å². The minimum atomic E-state index is -3.18. The van der Waals surface area contributed by atoms with Crippen molar-refractivity contribution >= 4 is 9.84 Å². The van der Waals surface area contributed by atoms with Crippen LogP contribution in [0.25, 0.3) is 0 Å². The van der Waals surface area contributed by atoms with Crippen molar-refractivity contribution in [1.29, 1.82) is 0 Å². The first-order chi connectivity index (χ1) is 10.1. The maximum absolute atomic E-state index is 12.9. The predicted octanol–water partition coefficient (Wildman–Crippen LogP) is 2.33. The lowest BCUT2D eigenvalue weighted by Crippen LogP contribution is -2.41. The fourth-order valence-electron chi connectivity index (χ4n) is 2.91. The molecule has 0 bridgehead atoms. The van der Waals surface area contributed by atoms with Crippen LogP contribution in [0.1, 0.15) is 31.2 Å². The quantitative estimate of drug-likeness (QED) is 0.739. The van der Waals surface area contributed by atoms with E-state index in [-0.39, 0.29) is 0 Å². The zero-order valence-electron chi connectivity index (χ0n) is 12.4. The number of ether oxygens (including phenoxy) is 2. The summed E-state index contributed by atoms with van der Waals surface area (Å²) in [4.78, 5) is 0. The highest BCUT2D eigenvalue weighted by Gasteiger charge is 2.67. The first kappa shape index (κ1) is 15.0. The molecular weight excluding hydrogens is 288 g/mol. The van der Waals surface area contributed by atoms with Crippen molar-refractivity contribution in [3.8, 4) is 0 Å². The van der Waals surface area contributed by atoms with Gasteiger partial charge in [0.25, 0.3) is 0 Å². The molecule has 0 radical (unpaired) electrons. The molecule has 5 heteroatoms. The Bertz CT molecular complexity index is 586. The molecule has 0 atom stereocenters. The lowest BCUT2D eigenvalue weighted by Gasteiger charge is -2.23. The summed E-state index contributed by atoms with van der Waals surface area (Å²) in [5, 5.41) is 0. The summed E-state index contributed by atoms with van der Waals surface area (Å²) >= 11 is 0. The van der Waals surface area contributed by atoms with Gasteiger partial charge in [-0.25, -0.2) is 8.42 Å². The number of hydrogen-bond acceptors (Lipinski definition) is 4. The van der Waals surface area contributed by atoms with Crippen LogP contribution >= 0.6 is 0 Å². The van der Waals surface area contributed by atoms with Gasteiger partial charge in [0.1, 0.15) is 0 Å². The van der Waals surface area contributed by atoms with Gasteiger partial charge in [-0.2, -0.15) is 0 Å². The molecule has 0 aromatic heterocycles. The fourth-order valence-corrected chi connectivity index (χ4v) is 5.62. The maximum Gasteiger partial charge on any atom is 0.166 e. The number of hydrogen-bond donors (Lipinski definition) is 0. The zero-order chi connectivity index (χ0) is 15.0. The Balaban J connectivity index is 1.62. The highest BCUT2D eigenvalue weighted by molar-refractivity contribution is 7.94. The van der Waals surface area contributed by atoms with Gasteiger partial charge in [0, 0.05) is 7.11 Å². The summed E-state index contributed by atoms with van der Waals surface area (Å²) in [5.74, 6) is 0. The van der Waals surface area contributed by atoms with Gasteiger partial charge in [-0.05, 0) is 31.2 Å². The summed E-state index contributed by atoms with van der Waals surface area (Å²) in [5.41, 5.74) is 1.07. The third-order valence-corrected chi connectivity index (χ3v) is 7.97. The second kappa shape index (κ2) is 5.38. The number of methoxy groups -OCH3 is 1. The molecule has 2 aliphatic carbocycles. The molecule has 116 valence electrons. The SMILES string of the molecule is COCC1(S(=O)(=O)C2(COCc3ccccc3)CC2)CC1. The van der Waals surface area contributed by atoms with Crippen molar-refractivity contribution < 1.29 is 17.9 Å². The topological polar surface area (TPSA) is 52.6 Å². The monoisotopic (exact) mass is 310 g/mol. The molecule has 0 aliphatic heterocycles. The van der Waals surface area contributed by atoms with E-state index in [9.17, 15) is 8.42 Å². The van der Waals surface area contributed by atoms with Gasteiger partial charge in [-0.15, -0.1) is 0 Å². The summed E-state index contributed by atoms with van der Waals surface area (Å²) in [6, 6.07) is 9.85. The second-order valence-corrected chi connectivity index (χ2v) is 9.02. The highest BCUT2D eigenvalue weighted by Crippen LogP contribution is 2.56. The van der Waals surface area contributed by atoms with Crippen LogP contribution in [0.4, 0.5) is 0 Å². The number of sulfone groups is 1. The van der Waals surface area contributed by atoms with Crippen molar-refractivity contribution in [2.75, 3.05) is 20.3 Å². The van der Waals surface area contributed by atoms with Gasteiger partial charge < -0.3 is 9.47 Å². The Kier molecular flexibility index (Phi) is 3.84. The van der Waals surface area contributed by atoms with Crippen LogP contribution in [0.3, 0.4) is 0 Å². The van der Waals surface area contributed by atoms with Crippen LogP contribution in [0, 0.1) is 0 Å². The average molecular weight is 310 g/mol. The van der Waals surface area contributed by atoms with Gasteiger partial charge in [0.15, 0.2) is 9.84 Å². The molecule has 2 fully saturated rings. The van der Waals surface area contributed by atoms with Crippen LogP contribution in [0.15, 0.2) is 30.3 Å². The van der Waals surface area contributed by atoms with Gasteiger partial charge in [-0.3, -0.25) is 0 Å². The smallest absolute Gasteiger partial charge is 0.166 e. The molecule has 21 heavy (non-hydrogen) atoms. The third kappa shape index (κ3) is 2.62. The molecule has 1 aromatic carbocycles. The van der Waals surface area contributed by atoms with E-state index in [2.05, 4.69) is 0 Å². The molecule has 2 saturated carbocycles. The molecule has 0 heterocycles. The zero-order valence-corrected chi connectivity index (χ0v) is 13.2. The van der Waals surface area contributed by atoms with E-state index in [1.165, 1.54) is 0 Å². The van der Waals surface area contributed by atoms with Crippen LogP contribution in [-0.2, 0) is 25.9 Å². The maximum atomic E-state index is 12.9. The van der Waals surface area contributed by atoms with E-state index in [0.717, 1.165) is 31.2 Å². The van der Waals surface area contributed by atoms with Crippen LogP contribution < -0.4 is 0 Å². The van der Waals surface area contributed by atoms with Gasteiger partial charge in [0.05, 0.1) is 29.3 Å². The molecule has 0 unspecified atom stereocenters. The lowest BCUT2D eigenvalue weighted by atomic mass is 10.2. The molecule has 0 N–H and O–H groups in total. The minimum absolute atomic E-state index is 0.301. The van der Waals surface area contributed by atoms with Gasteiger partial charge >= 0.3 is 0 Å². The van der Waals surface area contributed by atoms with E-state index in [1.807, 2.05) is 30.3 Å². The average Bonchev–Trinajstić information content (AvgIpc) is 3.35. The van der Waals surface area contributed by atoms with Crippen LogP contribution in [0.5, 0.6) is 0 Å². The van der Waals surface area contributed by atoms with Crippen LogP contribution in [-0.4, -0.2) is 38.2 Å². The minimum Gasteiger partial charge on any atom is -0.383 e. The van der Waals surface area contributed by atoms with E-state index in [4.69, 9.17) is 9.47 Å². The van der Waals surface area contributed by atoms with E-state index in [1.54, 1.807) is 7.11 Å². The number of rotatable bonds is 8. The van der Waals surface area contributed by atoms with Crippen molar-refractivity contribution in [3.63, 3.8) is 0 Å². The molecule has 2 aliphatic rings. The Morgan fingerprint density at radius 3 is 2.10 bits per heavy atom. The summed E-state index contributed by atoms with van der Waals surface area (Å²) in [6.45, 7) is 1.08. The Morgan fingerprint density at radius 2 is 1.57 bits per heavy atom. The highest BCUT2D eigenvalue weighted by atomic mass is 32.2. The number of benzene rings is 1. The molecular formula is C16H22O4S. The van der Waals surface area contributed by atoms with Crippen LogP contribution in [0.2, 0.25) is 0 Å². The second-order valence-electron chi connectivity index (χ2n) is 6.28. The largest absolute Gasteiger partial charge is 0.383 e. The summed E-state index contributed by atoms with van der Waals surface area (Å²) in [6.07, 6.45) is 2.89. The summed E-state index contributed by atoms with van der Waals surface area (Å²) in [7, 11) is -1.61. The van der Waals surface area contributed by atoms with Crippen molar-refractivity contribution in [3.05, 3.63) is 35.9 Å². The Labute approximate surface area is 126 Å². The molecule has 0 spiro atoms. The fraction of sp³-hybridized carbons (Fsp3) is 0.625. The van der Waals surface area contributed by atoms with Gasteiger partial charge in [0.2, 0.25) is 0 Å². The van der Waals surface area contributed by atoms with Crippen molar-refractivity contribution in [1.82, 2.24) is 0 Å². The molecule has 0 amide bonds. The molecule has 1 aromatic rings. The normalized spacial score (nSPS) is 22.0. The third-order valence-electron chi connectivity index (χ3n) is 4.64. The first-order valence-corrected chi connectivity index (χ1v) is 8.88. The lowest BCUT2D eigenvalue weighted by molar-refractivity contribution is 0.115. The van der Waals surface area contributed by atoms with Crippen molar-refractivity contribution in [2.45, 2.75) is 41.8 Å². The molecule has 4 nitrogen and oxygen atoms in total.